The van der Waals surface area contributed by atoms with Gasteiger partial charge in [-0.3, -0.25) is 0 Å². The number of sulfonamides is 1. The van der Waals surface area contributed by atoms with Gasteiger partial charge in [-0.25, -0.2) is 8.42 Å². The highest BCUT2D eigenvalue weighted by Gasteiger charge is 2.25. The first-order chi connectivity index (χ1) is 8.50. The normalized spacial score (nSPS) is 20.5. The van der Waals surface area contributed by atoms with E-state index in [9.17, 15) is 8.42 Å². The second-order valence-corrected chi connectivity index (χ2v) is 6.94. The van der Waals surface area contributed by atoms with Crippen molar-refractivity contribution in [3.05, 3.63) is 29.8 Å². The van der Waals surface area contributed by atoms with Gasteiger partial charge in [0, 0.05) is 19.6 Å². The minimum Gasteiger partial charge on any atom is -0.313 e. The highest BCUT2D eigenvalue weighted by Crippen LogP contribution is 2.17. The van der Waals surface area contributed by atoms with Crippen molar-refractivity contribution in [1.82, 2.24) is 9.62 Å². The third-order valence-corrected chi connectivity index (χ3v) is 5.16. The SMILES string of the molecule is Cc1cccc(S(=O)(=O)N(C)CC2CCCN2)c1. The number of nitrogens with one attached hydrogen (secondary N) is 1. The summed E-state index contributed by atoms with van der Waals surface area (Å²) in [4.78, 5) is 0.378. The lowest BCUT2D eigenvalue weighted by Crippen LogP contribution is -2.38. The van der Waals surface area contributed by atoms with Crippen molar-refractivity contribution in [1.29, 1.82) is 0 Å². The molecule has 0 aromatic heterocycles. The molecule has 0 radical (unpaired) electrons. The largest absolute Gasteiger partial charge is 0.313 e. The Morgan fingerprint density at radius 3 is 2.83 bits per heavy atom. The van der Waals surface area contributed by atoms with Gasteiger partial charge in [0.1, 0.15) is 0 Å². The molecule has 4 nitrogen and oxygen atoms in total. The van der Waals surface area contributed by atoms with Crippen LogP contribution in [0.25, 0.3) is 0 Å². The van der Waals surface area contributed by atoms with Gasteiger partial charge in [0.2, 0.25) is 10.0 Å². The molecule has 0 amide bonds. The Kier molecular flexibility index (Phi) is 4.04. The van der Waals surface area contributed by atoms with Crippen LogP contribution in [0.4, 0.5) is 0 Å². The van der Waals surface area contributed by atoms with E-state index in [1.165, 1.54) is 4.31 Å². The summed E-state index contributed by atoms with van der Waals surface area (Å²) in [6.07, 6.45) is 2.18. The number of likely N-dealkylation sites (N-methyl/N-ethyl adjacent to an activating group) is 1. The minimum absolute atomic E-state index is 0.287. The van der Waals surface area contributed by atoms with E-state index < -0.39 is 10.0 Å². The quantitative estimate of drug-likeness (QED) is 0.897. The van der Waals surface area contributed by atoms with Crippen LogP contribution in [0.15, 0.2) is 29.2 Å². The summed E-state index contributed by atoms with van der Waals surface area (Å²) < 4.78 is 26.2. The number of nitrogens with zero attached hydrogens (tertiary/aromatic N) is 1. The van der Waals surface area contributed by atoms with Gasteiger partial charge in [-0.15, -0.1) is 0 Å². The Bertz CT molecular complexity index is 507. The average Bonchev–Trinajstić information content (AvgIpc) is 2.81. The van der Waals surface area contributed by atoms with Crippen molar-refractivity contribution in [2.75, 3.05) is 20.1 Å². The first-order valence-electron chi connectivity index (χ1n) is 6.26. The predicted molar refractivity (Wildman–Crippen MR) is 72.0 cm³/mol. The van der Waals surface area contributed by atoms with Gasteiger partial charge in [0.05, 0.1) is 4.90 Å². The number of hydrogen-bond acceptors (Lipinski definition) is 3. The third-order valence-electron chi connectivity index (χ3n) is 3.34. The van der Waals surface area contributed by atoms with Crippen molar-refractivity contribution >= 4 is 10.0 Å². The van der Waals surface area contributed by atoms with E-state index in [-0.39, 0.29) is 6.04 Å². The van der Waals surface area contributed by atoms with Crippen molar-refractivity contribution in [2.45, 2.75) is 30.7 Å². The van der Waals surface area contributed by atoms with Crippen LogP contribution < -0.4 is 5.32 Å². The zero-order valence-electron chi connectivity index (χ0n) is 10.9. The fourth-order valence-corrected chi connectivity index (χ4v) is 3.60. The van der Waals surface area contributed by atoms with Crippen molar-refractivity contribution in [3.8, 4) is 0 Å². The topological polar surface area (TPSA) is 49.4 Å². The van der Waals surface area contributed by atoms with Crippen LogP contribution in [-0.2, 0) is 10.0 Å². The Morgan fingerprint density at radius 1 is 1.44 bits per heavy atom. The lowest BCUT2D eigenvalue weighted by atomic mass is 10.2. The molecule has 0 aliphatic carbocycles. The van der Waals surface area contributed by atoms with Crippen molar-refractivity contribution < 1.29 is 8.42 Å². The summed E-state index contributed by atoms with van der Waals surface area (Å²) in [5.41, 5.74) is 0.962. The molecule has 1 fully saturated rings. The maximum atomic E-state index is 12.4. The van der Waals surface area contributed by atoms with Crippen molar-refractivity contribution in [2.24, 2.45) is 0 Å². The molecular weight excluding hydrogens is 248 g/mol. The Labute approximate surface area is 109 Å². The summed E-state index contributed by atoms with van der Waals surface area (Å²) in [6, 6.07) is 7.34. The summed E-state index contributed by atoms with van der Waals surface area (Å²) >= 11 is 0. The molecule has 1 aromatic rings. The lowest BCUT2D eigenvalue weighted by molar-refractivity contribution is 0.417. The monoisotopic (exact) mass is 268 g/mol. The lowest BCUT2D eigenvalue weighted by Gasteiger charge is -2.21. The second kappa shape index (κ2) is 5.38. The molecule has 1 aliphatic heterocycles. The molecule has 5 heteroatoms. The van der Waals surface area contributed by atoms with E-state index in [1.807, 2.05) is 13.0 Å². The molecule has 1 aliphatic rings. The molecule has 0 saturated carbocycles. The van der Waals surface area contributed by atoms with E-state index >= 15 is 0 Å². The number of benzene rings is 1. The summed E-state index contributed by atoms with van der Waals surface area (Å²) in [5, 5.41) is 3.32. The standard InChI is InChI=1S/C13H20N2O2S/c1-11-5-3-7-13(9-11)18(16,17)15(2)10-12-6-4-8-14-12/h3,5,7,9,12,14H,4,6,8,10H2,1-2H3. The van der Waals surface area contributed by atoms with Crippen LogP contribution in [0.1, 0.15) is 18.4 Å². The number of rotatable bonds is 4. The summed E-state index contributed by atoms with van der Waals surface area (Å²) in [5.74, 6) is 0. The Hall–Kier alpha value is -0.910. The van der Waals surface area contributed by atoms with Crippen LogP contribution in [0.3, 0.4) is 0 Å². The van der Waals surface area contributed by atoms with Gasteiger partial charge in [-0.05, 0) is 44.0 Å². The number of aryl methyl sites for hydroxylation is 1. The Balaban J connectivity index is 2.14. The highest BCUT2D eigenvalue weighted by molar-refractivity contribution is 7.89. The molecule has 1 aromatic carbocycles. The molecule has 2 rings (SSSR count). The van der Waals surface area contributed by atoms with Crippen LogP contribution in [0, 0.1) is 6.92 Å². The molecule has 1 saturated heterocycles. The third kappa shape index (κ3) is 2.91. The second-order valence-electron chi connectivity index (χ2n) is 4.90. The average molecular weight is 268 g/mol. The summed E-state index contributed by atoms with van der Waals surface area (Å²) in [6.45, 7) is 3.43. The van der Waals surface area contributed by atoms with Gasteiger partial charge < -0.3 is 5.32 Å². The molecule has 1 N–H and O–H groups in total. The van der Waals surface area contributed by atoms with Crippen LogP contribution in [0.5, 0.6) is 0 Å². The molecule has 1 unspecified atom stereocenters. The molecule has 1 atom stereocenters. The van der Waals surface area contributed by atoms with Gasteiger partial charge in [0.15, 0.2) is 0 Å². The predicted octanol–water partition coefficient (Wildman–Crippen LogP) is 1.37. The summed E-state index contributed by atoms with van der Waals surface area (Å²) in [7, 11) is -1.71. The first kappa shape index (κ1) is 13.5. The van der Waals surface area contributed by atoms with Crippen LogP contribution in [-0.4, -0.2) is 38.9 Å². The van der Waals surface area contributed by atoms with E-state index in [1.54, 1.807) is 25.2 Å². The first-order valence-corrected chi connectivity index (χ1v) is 7.70. The van der Waals surface area contributed by atoms with E-state index in [0.717, 1.165) is 24.9 Å². The molecule has 0 spiro atoms. The van der Waals surface area contributed by atoms with E-state index in [0.29, 0.717) is 11.4 Å². The van der Waals surface area contributed by atoms with Gasteiger partial charge in [-0.2, -0.15) is 4.31 Å². The Morgan fingerprint density at radius 2 is 2.22 bits per heavy atom. The van der Waals surface area contributed by atoms with Gasteiger partial charge in [0.25, 0.3) is 0 Å². The number of hydrogen-bond donors (Lipinski definition) is 1. The van der Waals surface area contributed by atoms with Gasteiger partial charge in [-0.1, -0.05) is 12.1 Å². The van der Waals surface area contributed by atoms with Crippen LogP contribution in [0.2, 0.25) is 0 Å². The molecule has 1 heterocycles. The zero-order chi connectivity index (χ0) is 13.2. The fraction of sp³-hybridized carbons (Fsp3) is 0.538. The highest BCUT2D eigenvalue weighted by atomic mass is 32.2. The molecular formula is C13H20N2O2S. The maximum absolute atomic E-state index is 12.4. The maximum Gasteiger partial charge on any atom is 0.242 e. The zero-order valence-corrected chi connectivity index (χ0v) is 11.7. The van der Waals surface area contributed by atoms with Crippen LogP contribution >= 0.6 is 0 Å². The fourth-order valence-electron chi connectivity index (χ4n) is 2.28. The minimum atomic E-state index is -3.36. The van der Waals surface area contributed by atoms with E-state index in [4.69, 9.17) is 0 Å². The van der Waals surface area contributed by atoms with Crippen molar-refractivity contribution in [3.63, 3.8) is 0 Å². The molecule has 18 heavy (non-hydrogen) atoms. The smallest absolute Gasteiger partial charge is 0.242 e. The van der Waals surface area contributed by atoms with Gasteiger partial charge >= 0.3 is 0 Å². The molecule has 0 bridgehead atoms. The van der Waals surface area contributed by atoms with E-state index in [2.05, 4.69) is 5.32 Å². The molecule has 100 valence electrons.